The number of nitrogens with zero attached hydrogens (tertiary/aromatic N) is 1. The standard InChI is InChI=1S/C13H8F3NO4/c14-13(15,16)8-3-1-2-7(4-8)12(11(20)21)6-17-10(19)5-9(12)18/h1-6,18H,(H,20,21)/t12-/m0/s1. The molecule has 2 N–H and O–H groups in total. The van der Waals surface area contributed by atoms with Gasteiger partial charge in [-0.15, -0.1) is 0 Å². The van der Waals surface area contributed by atoms with Gasteiger partial charge < -0.3 is 10.2 Å². The molecule has 110 valence electrons. The Morgan fingerprint density at radius 3 is 2.48 bits per heavy atom. The van der Waals surface area contributed by atoms with Gasteiger partial charge in [0.05, 0.1) is 5.56 Å². The minimum absolute atomic E-state index is 0.352. The number of hydrogen-bond donors (Lipinski definition) is 2. The number of hydrogen-bond acceptors (Lipinski definition) is 3. The number of rotatable bonds is 2. The van der Waals surface area contributed by atoms with E-state index in [1.165, 1.54) is 0 Å². The number of dihydropyridines is 1. The summed E-state index contributed by atoms with van der Waals surface area (Å²) >= 11 is 0. The highest BCUT2D eigenvalue weighted by Gasteiger charge is 2.46. The molecule has 1 aromatic carbocycles. The maximum absolute atomic E-state index is 12.7. The molecule has 2 rings (SSSR count). The Hall–Kier alpha value is -2.64. The van der Waals surface area contributed by atoms with Gasteiger partial charge in [-0.1, -0.05) is 12.1 Å². The second-order valence-corrected chi connectivity index (χ2v) is 4.32. The molecule has 0 bridgehead atoms. The van der Waals surface area contributed by atoms with E-state index in [0.717, 1.165) is 18.2 Å². The molecule has 1 heterocycles. The third kappa shape index (κ3) is 2.39. The first-order valence-electron chi connectivity index (χ1n) is 5.59. The van der Waals surface area contributed by atoms with Crippen molar-refractivity contribution in [3.05, 3.63) is 47.2 Å². The topological polar surface area (TPSA) is 87.0 Å². The summed E-state index contributed by atoms with van der Waals surface area (Å²) in [6.07, 6.45) is -3.48. The predicted octanol–water partition coefficient (Wildman–Crippen LogP) is 2.08. The van der Waals surface area contributed by atoms with Crippen LogP contribution in [0, 0.1) is 0 Å². The molecule has 0 unspecified atom stereocenters. The first kappa shape index (κ1) is 14.8. The number of aliphatic hydroxyl groups excluding tert-OH is 1. The van der Waals surface area contributed by atoms with E-state index in [2.05, 4.69) is 4.99 Å². The molecule has 1 atom stereocenters. The van der Waals surface area contributed by atoms with Crippen molar-refractivity contribution < 1.29 is 33.0 Å². The van der Waals surface area contributed by atoms with E-state index in [0.29, 0.717) is 18.4 Å². The first-order chi connectivity index (χ1) is 9.68. The fourth-order valence-corrected chi connectivity index (χ4v) is 1.95. The Kier molecular flexibility index (Phi) is 3.32. The largest absolute Gasteiger partial charge is 0.510 e. The number of carboxylic acid groups (broad SMARTS) is 1. The van der Waals surface area contributed by atoms with Crippen LogP contribution in [0.2, 0.25) is 0 Å². The predicted molar refractivity (Wildman–Crippen MR) is 65.0 cm³/mol. The number of carboxylic acids is 1. The summed E-state index contributed by atoms with van der Waals surface area (Å²) < 4.78 is 38.1. The van der Waals surface area contributed by atoms with Gasteiger partial charge in [-0.2, -0.15) is 13.2 Å². The number of amides is 1. The van der Waals surface area contributed by atoms with Crippen molar-refractivity contribution in [1.82, 2.24) is 0 Å². The fraction of sp³-hybridized carbons (Fsp3) is 0.154. The van der Waals surface area contributed by atoms with E-state index in [1.807, 2.05) is 0 Å². The van der Waals surface area contributed by atoms with E-state index in [4.69, 9.17) is 0 Å². The molecule has 0 saturated heterocycles. The monoisotopic (exact) mass is 299 g/mol. The van der Waals surface area contributed by atoms with Gasteiger partial charge in [0, 0.05) is 12.3 Å². The molecular formula is C13H8F3NO4. The summed E-state index contributed by atoms with van der Waals surface area (Å²) in [4.78, 5) is 25.8. The number of aliphatic hydroxyl groups is 1. The Bertz CT molecular complexity index is 678. The van der Waals surface area contributed by atoms with Crippen LogP contribution < -0.4 is 0 Å². The molecule has 1 aliphatic rings. The van der Waals surface area contributed by atoms with Crippen LogP contribution in [0.3, 0.4) is 0 Å². The van der Waals surface area contributed by atoms with Crippen molar-refractivity contribution in [1.29, 1.82) is 0 Å². The molecule has 0 radical (unpaired) electrons. The summed E-state index contributed by atoms with van der Waals surface area (Å²) in [5.74, 6) is -3.43. The van der Waals surface area contributed by atoms with E-state index in [-0.39, 0.29) is 5.56 Å². The molecular weight excluding hydrogens is 291 g/mol. The van der Waals surface area contributed by atoms with Crippen molar-refractivity contribution in [3.8, 4) is 0 Å². The molecule has 5 nitrogen and oxygen atoms in total. The number of alkyl halides is 3. The van der Waals surface area contributed by atoms with Crippen molar-refractivity contribution >= 4 is 18.1 Å². The number of carbonyl (C=O) groups is 2. The highest BCUT2D eigenvalue weighted by Crippen LogP contribution is 2.36. The molecule has 0 spiro atoms. The fourth-order valence-electron chi connectivity index (χ4n) is 1.95. The third-order valence-corrected chi connectivity index (χ3v) is 3.03. The SMILES string of the molecule is O=C1C=C(O)[C@@](C(=O)O)(c2cccc(C(F)(F)F)c2)C=N1. The third-order valence-electron chi connectivity index (χ3n) is 3.03. The van der Waals surface area contributed by atoms with E-state index < -0.39 is 34.8 Å². The Morgan fingerprint density at radius 1 is 1.29 bits per heavy atom. The number of benzene rings is 1. The van der Waals surface area contributed by atoms with Gasteiger partial charge in [-0.3, -0.25) is 9.59 Å². The lowest BCUT2D eigenvalue weighted by Crippen LogP contribution is -2.42. The van der Waals surface area contributed by atoms with Gasteiger partial charge in [-0.25, -0.2) is 4.99 Å². The molecule has 21 heavy (non-hydrogen) atoms. The van der Waals surface area contributed by atoms with Crippen molar-refractivity contribution in [3.63, 3.8) is 0 Å². The van der Waals surface area contributed by atoms with Crippen LogP contribution in [0.25, 0.3) is 0 Å². The van der Waals surface area contributed by atoms with Crippen LogP contribution in [0.1, 0.15) is 11.1 Å². The zero-order valence-electron chi connectivity index (χ0n) is 10.3. The van der Waals surface area contributed by atoms with Crippen LogP contribution in [0.15, 0.2) is 41.1 Å². The minimum atomic E-state index is -4.67. The van der Waals surface area contributed by atoms with Crippen LogP contribution in [-0.2, 0) is 21.2 Å². The van der Waals surface area contributed by atoms with Gasteiger partial charge in [-0.05, 0) is 17.7 Å². The molecule has 1 aromatic rings. The molecule has 1 amide bonds. The molecule has 8 heteroatoms. The Morgan fingerprint density at radius 2 is 1.95 bits per heavy atom. The lowest BCUT2D eigenvalue weighted by molar-refractivity contribution is -0.141. The zero-order chi connectivity index (χ0) is 15.8. The maximum Gasteiger partial charge on any atom is 0.416 e. The average Bonchev–Trinajstić information content (AvgIpc) is 2.38. The van der Waals surface area contributed by atoms with Crippen molar-refractivity contribution in [2.24, 2.45) is 4.99 Å². The Labute approximate surface area is 116 Å². The number of aliphatic imine (C=N–C) groups is 1. The van der Waals surface area contributed by atoms with E-state index >= 15 is 0 Å². The van der Waals surface area contributed by atoms with Crippen molar-refractivity contribution in [2.75, 3.05) is 0 Å². The van der Waals surface area contributed by atoms with Crippen molar-refractivity contribution in [2.45, 2.75) is 11.6 Å². The minimum Gasteiger partial charge on any atom is -0.510 e. The summed E-state index contributed by atoms with van der Waals surface area (Å²) in [7, 11) is 0. The van der Waals surface area contributed by atoms with Gasteiger partial charge in [0.15, 0.2) is 5.41 Å². The highest BCUT2D eigenvalue weighted by molar-refractivity contribution is 6.12. The lowest BCUT2D eigenvalue weighted by Gasteiger charge is -2.27. The summed E-state index contributed by atoms with van der Waals surface area (Å²) in [6.45, 7) is 0. The molecule has 0 aliphatic carbocycles. The summed E-state index contributed by atoms with van der Waals surface area (Å²) in [5, 5.41) is 19.1. The van der Waals surface area contributed by atoms with Gasteiger partial charge in [0.1, 0.15) is 5.76 Å². The van der Waals surface area contributed by atoms with Crippen LogP contribution in [-0.4, -0.2) is 28.3 Å². The number of halogens is 3. The molecule has 0 aromatic heterocycles. The van der Waals surface area contributed by atoms with E-state index in [1.54, 1.807) is 0 Å². The Balaban J connectivity index is 2.66. The number of carbonyl (C=O) groups excluding carboxylic acids is 1. The van der Waals surface area contributed by atoms with Gasteiger partial charge in [0.25, 0.3) is 5.91 Å². The highest BCUT2D eigenvalue weighted by atomic mass is 19.4. The van der Waals surface area contributed by atoms with Crippen LogP contribution in [0.4, 0.5) is 13.2 Å². The molecule has 1 aliphatic heterocycles. The molecule has 0 saturated carbocycles. The van der Waals surface area contributed by atoms with E-state index in [9.17, 15) is 33.0 Å². The average molecular weight is 299 g/mol. The summed E-state index contributed by atoms with van der Waals surface area (Å²) in [6, 6.07) is 3.49. The normalized spacial score (nSPS) is 22.0. The first-order valence-corrected chi connectivity index (χ1v) is 5.59. The van der Waals surface area contributed by atoms with Crippen LogP contribution >= 0.6 is 0 Å². The number of aliphatic carboxylic acids is 1. The zero-order valence-corrected chi connectivity index (χ0v) is 10.3. The van der Waals surface area contributed by atoms with Gasteiger partial charge in [0.2, 0.25) is 0 Å². The smallest absolute Gasteiger partial charge is 0.416 e. The second kappa shape index (κ2) is 4.72. The molecule has 0 fully saturated rings. The van der Waals surface area contributed by atoms with Crippen LogP contribution in [0.5, 0.6) is 0 Å². The summed E-state index contributed by atoms with van der Waals surface area (Å²) in [5.41, 5.74) is -3.73. The second-order valence-electron chi connectivity index (χ2n) is 4.32. The van der Waals surface area contributed by atoms with Gasteiger partial charge >= 0.3 is 12.1 Å². The maximum atomic E-state index is 12.7. The lowest BCUT2D eigenvalue weighted by atomic mass is 9.78. The quantitative estimate of drug-likeness (QED) is 0.875.